The van der Waals surface area contributed by atoms with E-state index in [1.807, 2.05) is 13.0 Å². The van der Waals surface area contributed by atoms with Crippen molar-refractivity contribution in [3.63, 3.8) is 0 Å². The second-order valence-corrected chi connectivity index (χ2v) is 9.15. The molecule has 0 aromatic heterocycles. The number of allylic oxidation sites excluding steroid dienone is 1. The number of carboxylic acid groups (broad SMARTS) is 1. The number of hydrogen-bond donors (Lipinski definition) is 1. The maximum Gasteiger partial charge on any atom is 0.344 e. The van der Waals surface area contributed by atoms with E-state index in [1.165, 1.54) is 5.57 Å². The molecule has 0 radical (unpaired) electrons. The van der Waals surface area contributed by atoms with Gasteiger partial charge in [0.05, 0.1) is 5.71 Å². The molecule has 1 N–H and O–H groups in total. The Kier molecular flexibility index (Phi) is 4.28. The molecule has 4 rings (SSSR count). The van der Waals surface area contributed by atoms with Crippen LogP contribution >= 0.6 is 0 Å². The van der Waals surface area contributed by atoms with Crippen LogP contribution in [0, 0.1) is 28.6 Å². The molecule has 0 heterocycles. The number of nitrogens with zero attached hydrogens (tertiary/aromatic N) is 1. The van der Waals surface area contributed by atoms with E-state index in [0.717, 1.165) is 37.8 Å². The van der Waals surface area contributed by atoms with Crippen molar-refractivity contribution in [2.24, 2.45) is 33.7 Å². The number of fused-ring (bicyclic) bond motifs is 5. The number of carbonyl (C=O) groups excluding carboxylic acids is 2. The highest BCUT2D eigenvalue weighted by molar-refractivity contribution is 6.13. The van der Waals surface area contributed by atoms with Crippen LogP contribution in [0.2, 0.25) is 0 Å². The van der Waals surface area contributed by atoms with Crippen LogP contribution in [-0.4, -0.2) is 35.0 Å². The Morgan fingerprint density at radius 2 is 2.00 bits per heavy atom. The first-order valence-electron chi connectivity index (χ1n) is 9.93. The van der Waals surface area contributed by atoms with E-state index in [2.05, 4.69) is 12.1 Å². The molecule has 0 saturated heterocycles. The Morgan fingerprint density at radius 1 is 1.22 bits per heavy atom. The lowest BCUT2D eigenvalue weighted by Crippen LogP contribution is -2.51. The van der Waals surface area contributed by atoms with Crippen molar-refractivity contribution >= 4 is 23.2 Å². The molecule has 5 atom stereocenters. The number of rotatable bonds is 3. The molecule has 27 heavy (non-hydrogen) atoms. The fourth-order valence-electron chi connectivity index (χ4n) is 6.43. The quantitative estimate of drug-likeness (QED) is 0.767. The molecule has 0 aromatic carbocycles. The van der Waals surface area contributed by atoms with Crippen LogP contribution in [0.3, 0.4) is 0 Å². The molecule has 0 aromatic rings. The molecule has 4 aliphatic rings. The van der Waals surface area contributed by atoms with Gasteiger partial charge in [0, 0.05) is 24.2 Å². The van der Waals surface area contributed by atoms with E-state index in [0.29, 0.717) is 18.3 Å². The van der Waals surface area contributed by atoms with Gasteiger partial charge in [-0.2, -0.15) is 0 Å². The van der Waals surface area contributed by atoms with Gasteiger partial charge in [-0.1, -0.05) is 24.6 Å². The average Bonchev–Trinajstić information content (AvgIpc) is 2.86. The Balaban J connectivity index is 1.67. The monoisotopic (exact) mass is 373 g/mol. The van der Waals surface area contributed by atoms with Crippen LogP contribution in [0.25, 0.3) is 0 Å². The van der Waals surface area contributed by atoms with Gasteiger partial charge >= 0.3 is 5.97 Å². The number of ketones is 2. The van der Waals surface area contributed by atoms with Gasteiger partial charge in [0.2, 0.25) is 6.61 Å². The zero-order valence-electron chi connectivity index (χ0n) is 16.0. The summed E-state index contributed by atoms with van der Waals surface area (Å²) in [4.78, 5) is 40.5. The number of carbonyl (C=O) groups is 3. The third-order valence-electron chi connectivity index (χ3n) is 7.84. The van der Waals surface area contributed by atoms with Crippen LogP contribution in [0.4, 0.5) is 0 Å². The molecule has 6 heteroatoms. The number of aliphatic carboxylic acids is 1. The Bertz CT molecular complexity index is 769. The molecular formula is C21H27NO5. The lowest BCUT2D eigenvalue weighted by atomic mass is 9.47. The summed E-state index contributed by atoms with van der Waals surface area (Å²) in [5.41, 5.74) is 1.61. The van der Waals surface area contributed by atoms with Crippen molar-refractivity contribution in [1.82, 2.24) is 0 Å². The number of Topliss-reactive ketones (excluding diaryl/α,β-unsaturated/α-hetero) is 1. The maximum atomic E-state index is 12.8. The minimum absolute atomic E-state index is 0.0218. The van der Waals surface area contributed by atoms with Gasteiger partial charge in [-0.05, 0) is 55.4 Å². The van der Waals surface area contributed by atoms with Crippen LogP contribution in [0.15, 0.2) is 16.8 Å². The summed E-state index contributed by atoms with van der Waals surface area (Å²) in [7, 11) is 0. The highest BCUT2D eigenvalue weighted by atomic mass is 16.6. The van der Waals surface area contributed by atoms with Crippen molar-refractivity contribution in [2.45, 2.75) is 58.8 Å². The summed E-state index contributed by atoms with van der Waals surface area (Å²) in [6.07, 6.45) is 7.30. The van der Waals surface area contributed by atoms with Crippen molar-refractivity contribution in [1.29, 1.82) is 0 Å². The predicted octanol–water partition coefficient (Wildman–Crippen LogP) is 3.15. The molecule has 3 saturated carbocycles. The lowest BCUT2D eigenvalue weighted by Gasteiger charge is -2.56. The minimum Gasteiger partial charge on any atom is -0.479 e. The standard InChI is InChI=1S/C21H27NO5/c1-20-7-5-13(23)9-12(20)3-4-14-15(20)6-8-21(2)17(24)10-16(19(14)21)22-27-11-18(25)26/h9,14-15,19H,3-8,10-11H2,1-2H3,(H,25,26)/b22-16+. The van der Waals surface area contributed by atoms with E-state index < -0.39 is 18.0 Å². The van der Waals surface area contributed by atoms with E-state index in [-0.39, 0.29) is 29.3 Å². The lowest BCUT2D eigenvalue weighted by molar-refractivity contribution is -0.142. The normalized spacial score (nSPS) is 42.2. The Hall–Kier alpha value is -1.98. The highest BCUT2D eigenvalue weighted by Gasteiger charge is 2.61. The molecule has 4 aliphatic carbocycles. The maximum absolute atomic E-state index is 12.8. The number of carboxylic acids is 1. The van der Waals surface area contributed by atoms with E-state index in [1.54, 1.807) is 0 Å². The van der Waals surface area contributed by atoms with Gasteiger partial charge in [0.25, 0.3) is 0 Å². The molecule has 146 valence electrons. The second-order valence-electron chi connectivity index (χ2n) is 9.15. The molecule has 3 fully saturated rings. The first-order valence-corrected chi connectivity index (χ1v) is 9.93. The van der Waals surface area contributed by atoms with E-state index >= 15 is 0 Å². The highest BCUT2D eigenvalue weighted by Crippen LogP contribution is 2.63. The predicted molar refractivity (Wildman–Crippen MR) is 98.1 cm³/mol. The summed E-state index contributed by atoms with van der Waals surface area (Å²) in [5.74, 6) is 0.154. The molecule has 0 bridgehead atoms. The molecular weight excluding hydrogens is 346 g/mol. The molecule has 0 spiro atoms. The zero-order chi connectivity index (χ0) is 19.4. The van der Waals surface area contributed by atoms with Crippen LogP contribution in [0.5, 0.6) is 0 Å². The minimum atomic E-state index is -1.07. The Morgan fingerprint density at radius 3 is 2.74 bits per heavy atom. The number of oxime groups is 1. The summed E-state index contributed by atoms with van der Waals surface area (Å²) in [6, 6.07) is 0. The Labute approximate surface area is 159 Å². The summed E-state index contributed by atoms with van der Waals surface area (Å²) >= 11 is 0. The van der Waals surface area contributed by atoms with Crippen molar-refractivity contribution in [3.8, 4) is 0 Å². The van der Waals surface area contributed by atoms with Crippen molar-refractivity contribution in [2.75, 3.05) is 6.61 Å². The smallest absolute Gasteiger partial charge is 0.344 e. The molecule has 5 unspecified atom stereocenters. The van der Waals surface area contributed by atoms with Gasteiger partial charge in [0.1, 0.15) is 5.78 Å². The van der Waals surface area contributed by atoms with Gasteiger partial charge in [-0.3, -0.25) is 9.59 Å². The zero-order valence-corrected chi connectivity index (χ0v) is 16.0. The number of hydrogen-bond acceptors (Lipinski definition) is 5. The first kappa shape index (κ1) is 18.4. The second kappa shape index (κ2) is 6.28. The van der Waals surface area contributed by atoms with Crippen molar-refractivity contribution in [3.05, 3.63) is 11.6 Å². The first-order chi connectivity index (χ1) is 12.8. The fraction of sp³-hybridized carbons (Fsp3) is 0.714. The van der Waals surface area contributed by atoms with Crippen LogP contribution in [-0.2, 0) is 19.2 Å². The van der Waals surface area contributed by atoms with Gasteiger partial charge in [-0.25, -0.2) is 4.79 Å². The van der Waals surface area contributed by atoms with Gasteiger partial charge < -0.3 is 9.94 Å². The van der Waals surface area contributed by atoms with Gasteiger partial charge in [-0.15, -0.1) is 0 Å². The van der Waals surface area contributed by atoms with Gasteiger partial charge in [0.15, 0.2) is 5.78 Å². The topological polar surface area (TPSA) is 93.0 Å². The van der Waals surface area contributed by atoms with E-state index in [4.69, 9.17) is 9.94 Å². The SMILES string of the molecule is CC12CCC(=O)C=C1CCC1C2CCC2(C)C(=O)C/C(=N\OCC(=O)O)C12. The average molecular weight is 373 g/mol. The summed E-state index contributed by atoms with van der Waals surface area (Å²) in [6.45, 7) is 3.86. The third-order valence-corrected chi connectivity index (χ3v) is 7.84. The largest absolute Gasteiger partial charge is 0.479 e. The van der Waals surface area contributed by atoms with Crippen LogP contribution in [0.1, 0.15) is 58.8 Å². The molecule has 6 nitrogen and oxygen atoms in total. The third kappa shape index (κ3) is 2.75. The molecule has 0 amide bonds. The van der Waals surface area contributed by atoms with E-state index in [9.17, 15) is 14.4 Å². The fourth-order valence-corrected chi connectivity index (χ4v) is 6.43. The molecule has 0 aliphatic heterocycles. The van der Waals surface area contributed by atoms with Crippen LogP contribution < -0.4 is 0 Å². The van der Waals surface area contributed by atoms with Crippen molar-refractivity contribution < 1.29 is 24.3 Å². The summed E-state index contributed by atoms with van der Waals surface area (Å²) < 4.78 is 0. The summed E-state index contributed by atoms with van der Waals surface area (Å²) in [5, 5.41) is 12.9.